The van der Waals surface area contributed by atoms with Crippen molar-refractivity contribution in [2.24, 2.45) is 29.1 Å². The van der Waals surface area contributed by atoms with Crippen molar-refractivity contribution < 1.29 is 14.3 Å². The van der Waals surface area contributed by atoms with Gasteiger partial charge in [0.1, 0.15) is 0 Å². The van der Waals surface area contributed by atoms with Crippen LogP contribution in [0.5, 0.6) is 0 Å². The maximum absolute atomic E-state index is 11.8. The van der Waals surface area contributed by atoms with E-state index in [1.165, 1.54) is 32.1 Å². The van der Waals surface area contributed by atoms with Crippen LogP contribution in [0, 0.1) is 29.1 Å². The molecule has 5 aliphatic rings. The van der Waals surface area contributed by atoms with Crippen molar-refractivity contribution >= 4 is 11.9 Å². The summed E-state index contributed by atoms with van der Waals surface area (Å²) in [6.45, 7) is 0. The van der Waals surface area contributed by atoms with Gasteiger partial charge < -0.3 is 4.74 Å². The van der Waals surface area contributed by atoms with Gasteiger partial charge in [-0.2, -0.15) is 0 Å². The van der Waals surface area contributed by atoms with Crippen molar-refractivity contribution in [3.05, 3.63) is 0 Å². The lowest BCUT2D eigenvalue weighted by molar-refractivity contribution is -0.154. The van der Waals surface area contributed by atoms with E-state index < -0.39 is 0 Å². The zero-order chi connectivity index (χ0) is 10.9. The Morgan fingerprint density at radius 2 is 1.75 bits per heavy atom. The van der Waals surface area contributed by atoms with Crippen molar-refractivity contribution in [3.63, 3.8) is 0 Å². The number of carbonyl (C=O) groups is 2. The van der Waals surface area contributed by atoms with Crippen molar-refractivity contribution in [2.75, 3.05) is 0 Å². The van der Waals surface area contributed by atoms with Crippen LogP contribution in [0.25, 0.3) is 0 Å². The first-order valence-corrected chi connectivity index (χ1v) is 6.42. The summed E-state index contributed by atoms with van der Waals surface area (Å²) in [7, 11) is 0. The molecule has 0 radical (unpaired) electrons. The van der Waals surface area contributed by atoms with Crippen LogP contribution in [0.3, 0.4) is 0 Å². The molecule has 0 spiro atoms. The average molecular weight is 220 g/mol. The largest absolute Gasteiger partial charge is 0.393 e. The highest BCUT2D eigenvalue weighted by Crippen LogP contribution is 2.69. The molecule has 3 unspecified atom stereocenters. The maximum atomic E-state index is 11.8. The van der Waals surface area contributed by atoms with Gasteiger partial charge in [-0.25, -0.2) is 0 Å². The predicted molar refractivity (Wildman–Crippen MR) is 55.2 cm³/mol. The van der Waals surface area contributed by atoms with Crippen LogP contribution in [0.1, 0.15) is 38.5 Å². The molecule has 1 aliphatic heterocycles. The molecule has 0 aromatic heterocycles. The Balaban J connectivity index is 1.72. The van der Waals surface area contributed by atoms with E-state index >= 15 is 0 Å². The van der Waals surface area contributed by atoms with Gasteiger partial charge in [0.2, 0.25) is 0 Å². The number of carbonyl (C=O) groups excluding carboxylic acids is 2. The van der Waals surface area contributed by atoms with Crippen LogP contribution < -0.4 is 0 Å². The molecule has 0 aromatic rings. The SMILES string of the molecule is O=C1CC(C23CC4CC(CC2C4)C3)C(=O)O1. The highest BCUT2D eigenvalue weighted by molar-refractivity contribution is 5.95. The van der Waals surface area contributed by atoms with Gasteiger partial charge in [-0.05, 0) is 55.3 Å². The topological polar surface area (TPSA) is 43.4 Å². The molecule has 0 amide bonds. The molecular formula is C13H16O3. The second kappa shape index (κ2) is 2.69. The Morgan fingerprint density at radius 3 is 2.31 bits per heavy atom. The van der Waals surface area contributed by atoms with Crippen LogP contribution in [-0.4, -0.2) is 11.9 Å². The minimum Gasteiger partial charge on any atom is -0.393 e. The van der Waals surface area contributed by atoms with Gasteiger partial charge in [-0.1, -0.05) is 0 Å². The van der Waals surface area contributed by atoms with Crippen LogP contribution in [-0.2, 0) is 14.3 Å². The number of hydrogen-bond donors (Lipinski definition) is 0. The fraction of sp³-hybridized carbons (Fsp3) is 0.846. The molecule has 5 fully saturated rings. The summed E-state index contributed by atoms with van der Waals surface area (Å²) in [5.74, 6) is 1.76. The lowest BCUT2D eigenvalue weighted by Crippen LogP contribution is -2.34. The highest BCUT2D eigenvalue weighted by atomic mass is 16.6. The van der Waals surface area contributed by atoms with Crippen molar-refractivity contribution in [2.45, 2.75) is 38.5 Å². The summed E-state index contributed by atoms with van der Waals surface area (Å²) in [5, 5.41) is 0. The monoisotopic (exact) mass is 220 g/mol. The summed E-state index contributed by atoms with van der Waals surface area (Å²) >= 11 is 0. The fourth-order valence-corrected chi connectivity index (χ4v) is 5.34. The fourth-order valence-electron chi connectivity index (χ4n) is 5.34. The smallest absolute Gasteiger partial charge is 0.317 e. The molecule has 5 rings (SSSR count). The molecule has 4 aliphatic carbocycles. The molecule has 86 valence electrons. The number of esters is 2. The Morgan fingerprint density at radius 1 is 1.06 bits per heavy atom. The van der Waals surface area contributed by atoms with Gasteiger partial charge in [-0.15, -0.1) is 0 Å². The second-order valence-electron chi connectivity index (χ2n) is 6.33. The van der Waals surface area contributed by atoms with Gasteiger partial charge in [-0.3, -0.25) is 9.59 Å². The standard InChI is InChI=1S/C13H16O3/c14-11-4-10(12(15)16-11)13-5-7-1-8(6-13)3-9(13)2-7/h7-10H,1-6H2. The van der Waals surface area contributed by atoms with E-state index in [2.05, 4.69) is 0 Å². The summed E-state index contributed by atoms with van der Waals surface area (Å²) in [6, 6.07) is 0. The van der Waals surface area contributed by atoms with E-state index in [1.807, 2.05) is 0 Å². The number of rotatable bonds is 1. The van der Waals surface area contributed by atoms with Crippen LogP contribution in [0.15, 0.2) is 0 Å². The molecular weight excluding hydrogens is 204 g/mol. The van der Waals surface area contributed by atoms with E-state index in [0.717, 1.165) is 11.8 Å². The Kier molecular flexibility index (Phi) is 1.55. The third-order valence-corrected chi connectivity index (χ3v) is 5.62. The van der Waals surface area contributed by atoms with E-state index in [-0.39, 0.29) is 23.3 Å². The van der Waals surface area contributed by atoms with Gasteiger partial charge in [0.05, 0.1) is 12.3 Å². The summed E-state index contributed by atoms with van der Waals surface area (Å²) < 4.78 is 4.76. The molecule has 0 N–H and O–H groups in total. The number of cyclic esters (lactones) is 2. The molecule has 16 heavy (non-hydrogen) atoms. The first kappa shape index (κ1) is 9.20. The van der Waals surface area contributed by atoms with Crippen LogP contribution in [0.4, 0.5) is 0 Å². The van der Waals surface area contributed by atoms with Gasteiger partial charge in [0.25, 0.3) is 0 Å². The molecule has 0 aromatic carbocycles. The van der Waals surface area contributed by atoms with E-state index in [0.29, 0.717) is 12.3 Å². The van der Waals surface area contributed by atoms with E-state index in [4.69, 9.17) is 4.74 Å². The minimum atomic E-state index is -0.296. The summed E-state index contributed by atoms with van der Waals surface area (Å²) in [5.41, 5.74) is 0.164. The highest BCUT2D eigenvalue weighted by Gasteiger charge is 2.64. The summed E-state index contributed by atoms with van der Waals surface area (Å²) in [6.07, 6.45) is 6.69. The number of ether oxygens (including phenoxy) is 1. The third kappa shape index (κ3) is 0.950. The zero-order valence-electron chi connectivity index (χ0n) is 9.28. The lowest BCUT2D eigenvalue weighted by atomic mass is 9.66. The molecule has 3 atom stereocenters. The van der Waals surface area contributed by atoms with Gasteiger partial charge >= 0.3 is 11.9 Å². The maximum Gasteiger partial charge on any atom is 0.317 e. The molecule has 1 heterocycles. The number of hydrogen-bond acceptors (Lipinski definition) is 3. The molecule has 3 nitrogen and oxygen atoms in total. The normalized spacial score (nSPS) is 53.8. The Labute approximate surface area is 94.5 Å². The molecule has 4 bridgehead atoms. The van der Waals surface area contributed by atoms with Gasteiger partial charge in [0.15, 0.2) is 0 Å². The first-order valence-electron chi connectivity index (χ1n) is 6.42. The zero-order valence-corrected chi connectivity index (χ0v) is 9.28. The van der Waals surface area contributed by atoms with Gasteiger partial charge in [0, 0.05) is 0 Å². The molecule has 4 saturated carbocycles. The second-order valence-corrected chi connectivity index (χ2v) is 6.33. The third-order valence-electron chi connectivity index (χ3n) is 5.62. The van der Waals surface area contributed by atoms with E-state index in [9.17, 15) is 9.59 Å². The Hall–Kier alpha value is -0.860. The lowest BCUT2D eigenvalue weighted by Gasteiger charge is -2.35. The summed E-state index contributed by atoms with van der Waals surface area (Å²) in [4.78, 5) is 23.0. The average Bonchev–Trinajstić information content (AvgIpc) is 2.75. The first-order chi connectivity index (χ1) is 7.67. The van der Waals surface area contributed by atoms with Crippen molar-refractivity contribution in [1.29, 1.82) is 0 Å². The quantitative estimate of drug-likeness (QED) is 0.500. The minimum absolute atomic E-state index is 0.0969. The predicted octanol–water partition coefficient (Wildman–Crippen LogP) is 1.90. The molecule has 1 saturated heterocycles. The van der Waals surface area contributed by atoms with Crippen molar-refractivity contribution in [3.8, 4) is 0 Å². The van der Waals surface area contributed by atoms with Crippen molar-refractivity contribution in [1.82, 2.24) is 0 Å². The van der Waals surface area contributed by atoms with Crippen LogP contribution in [0.2, 0.25) is 0 Å². The molecule has 3 heteroatoms. The van der Waals surface area contributed by atoms with Crippen LogP contribution >= 0.6 is 0 Å². The van der Waals surface area contributed by atoms with E-state index in [1.54, 1.807) is 0 Å². The Bertz CT molecular complexity index is 373.